The van der Waals surface area contributed by atoms with Crippen molar-refractivity contribution in [1.29, 1.82) is 0 Å². The van der Waals surface area contributed by atoms with E-state index in [2.05, 4.69) is 17.6 Å². The standard InChI is InChI=1S/C21H29N3O4/c1-13-7-5-6-8-16(13)22-18(25)12-24-19(26)21(3,23-20(24)27)15-9-10-17(28-4)14(2)11-15/h9-11,13,16H,5-8,12H2,1-4H3,(H,22,25)(H,23,27). The molecule has 0 radical (unpaired) electrons. The lowest BCUT2D eigenvalue weighted by molar-refractivity contribution is -0.135. The van der Waals surface area contributed by atoms with Crippen LogP contribution in [0.4, 0.5) is 4.79 Å². The van der Waals surface area contributed by atoms with Gasteiger partial charge in [0, 0.05) is 6.04 Å². The number of carbonyl (C=O) groups excluding carboxylic acids is 3. The van der Waals surface area contributed by atoms with Crippen LogP contribution in [0.1, 0.15) is 50.7 Å². The fourth-order valence-electron chi connectivity index (χ4n) is 4.15. The maximum Gasteiger partial charge on any atom is 0.325 e. The molecule has 0 spiro atoms. The molecule has 1 aromatic rings. The Kier molecular flexibility index (Phi) is 5.63. The Labute approximate surface area is 165 Å². The van der Waals surface area contributed by atoms with E-state index < -0.39 is 17.5 Å². The van der Waals surface area contributed by atoms with Crippen molar-refractivity contribution in [2.24, 2.45) is 5.92 Å². The smallest absolute Gasteiger partial charge is 0.325 e. The van der Waals surface area contributed by atoms with Crippen LogP contribution in [0.25, 0.3) is 0 Å². The summed E-state index contributed by atoms with van der Waals surface area (Å²) in [5.41, 5.74) is 0.325. The Morgan fingerprint density at radius 1 is 1.32 bits per heavy atom. The SMILES string of the molecule is COc1ccc(C2(C)NC(=O)N(CC(=O)NC3CCCCC3C)C2=O)cc1C. The highest BCUT2D eigenvalue weighted by molar-refractivity contribution is 6.09. The molecule has 2 N–H and O–H groups in total. The van der Waals surface area contributed by atoms with Crippen molar-refractivity contribution in [3.8, 4) is 5.75 Å². The first-order chi connectivity index (χ1) is 13.3. The minimum absolute atomic E-state index is 0.109. The van der Waals surface area contributed by atoms with Crippen molar-refractivity contribution < 1.29 is 19.1 Å². The van der Waals surface area contributed by atoms with Gasteiger partial charge in [-0.3, -0.25) is 14.5 Å². The third-order valence-electron chi connectivity index (χ3n) is 6.01. The molecule has 7 nitrogen and oxygen atoms in total. The Morgan fingerprint density at radius 2 is 2.04 bits per heavy atom. The first kappa shape index (κ1) is 20.2. The highest BCUT2D eigenvalue weighted by Crippen LogP contribution is 2.31. The second-order valence-corrected chi connectivity index (χ2v) is 8.07. The van der Waals surface area contributed by atoms with Gasteiger partial charge in [-0.15, -0.1) is 0 Å². The summed E-state index contributed by atoms with van der Waals surface area (Å²) in [6.07, 6.45) is 4.30. The predicted octanol–water partition coefficient (Wildman–Crippen LogP) is 2.47. The van der Waals surface area contributed by atoms with Crippen LogP contribution in [-0.2, 0) is 15.1 Å². The number of hydrogen-bond acceptors (Lipinski definition) is 4. The summed E-state index contributed by atoms with van der Waals surface area (Å²) < 4.78 is 5.26. The number of rotatable bonds is 5. The van der Waals surface area contributed by atoms with Gasteiger partial charge >= 0.3 is 6.03 Å². The number of amides is 4. The van der Waals surface area contributed by atoms with Crippen LogP contribution in [0, 0.1) is 12.8 Å². The van der Waals surface area contributed by atoms with Gasteiger partial charge in [-0.05, 0) is 55.9 Å². The number of benzene rings is 1. The molecule has 28 heavy (non-hydrogen) atoms. The van der Waals surface area contributed by atoms with Crippen LogP contribution in [-0.4, -0.2) is 42.4 Å². The van der Waals surface area contributed by atoms with Crippen LogP contribution in [0.3, 0.4) is 0 Å². The van der Waals surface area contributed by atoms with E-state index >= 15 is 0 Å². The Balaban J connectivity index is 1.72. The quantitative estimate of drug-likeness (QED) is 0.760. The third kappa shape index (κ3) is 3.70. The zero-order valence-electron chi connectivity index (χ0n) is 17.0. The molecule has 3 unspecified atom stereocenters. The summed E-state index contributed by atoms with van der Waals surface area (Å²) >= 11 is 0. The lowest BCUT2D eigenvalue weighted by Gasteiger charge is -2.30. The van der Waals surface area contributed by atoms with Gasteiger partial charge in [-0.2, -0.15) is 0 Å². The topological polar surface area (TPSA) is 87.7 Å². The van der Waals surface area contributed by atoms with Gasteiger partial charge in [-0.1, -0.05) is 25.8 Å². The Morgan fingerprint density at radius 3 is 2.68 bits per heavy atom. The third-order valence-corrected chi connectivity index (χ3v) is 6.01. The lowest BCUT2D eigenvalue weighted by atomic mass is 9.86. The molecule has 1 aromatic carbocycles. The molecule has 3 atom stereocenters. The molecule has 4 amide bonds. The second-order valence-electron chi connectivity index (χ2n) is 8.07. The first-order valence-electron chi connectivity index (χ1n) is 9.85. The molecule has 1 saturated heterocycles. The summed E-state index contributed by atoms with van der Waals surface area (Å²) in [4.78, 5) is 39.0. The van der Waals surface area contributed by atoms with Gasteiger partial charge in [0.05, 0.1) is 7.11 Å². The second kappa shape index (κ2) is 7.81. The summed E-state index contributed by atoms with van der Waals surface area (Å²) in [7, 11) is 1.58. The number of hydrogen-bond donors (Lipinski definition) is 2. The number of urea groups is 1. The van der Waals surface area contributed by atoms with E-state index in [1.165, 1.54) is 6.42 Å². The van der Waals surface area contributed by atoms with Crippen LogP contribution >= 0.6 is 0 Å². The number of aryl methyl sites for hydroxylation is 1. The van der Waals surface area contributed by atoms with E-state index in [9.17, 15) is 14.4 Å². The van der Waals surface area contributed by atoms with E-state index in [0.717, 1.165) is 29.7 Å². The molecule has 1 heterocycles. The molecule has 2 fully saturated rings. The Hall–Kier alpha value is -2.57. The summed E-state index contributed by atoms with van der Waals surface area (Å²) in [6.45, 7) is 5.40. The van der Waals surface area contributed by atoms with Crippen LogP contribution in [0.2, 0.25) is 0 Å². The number of imide groups is 1. The van der Waals surface area contributed by atoms with E-state index in [-0.39, 0.29) is 18.5 Å². The molecule has 1 aliphatic heterocycles. The number of methoxy groups -OCH3 is 1. The molecule has 7 heteroatoms. The maximum atomic E-state index is 13.0. The van der Waals surface area contributed by atoms with Gasteiger partial charge in [0.25, 0.3) is 5.91 Å². The van der Waals surface area contributed by atoms with Crippen molar-refractivity contribution in [2.45, 2.75) is 58.0 Å². The van der Waals surface area contributed by atoms with Gasteiger partial charge < -0.3 is 15.4 Å². The largest absolute Gasteiger partial charge is 0.496 e. The zero-order chi connectivity index (χ0) is 20.5. The summed E-state index contributed by atoms with van der Waals surface area (Å²) in [5, 5.41) is 5.74. The molecule has 2 aliphatic rings. The minimum Gasteiger partial charge on any atom is -0.496 e. The van der Waals surface area contributed by atoms with E-state index in [0.29, 0.717) is 17.2 Å². The van der Waals surface area contributed by atoms with Crippen LogP contribution in [0.15, 0.2) is 18.2 Å². The number of carbonyl (C=O) groups is 3. The molecule has 0 aromatic heterocycles. The van der Waals surface area contributed by atoms with Crippen molar-refractivity contribution >= 4 is 17.8 Å². The number of nitrogens with zero attached hydrogens (tertiary/aromatic N) is 1. The van der Waals surface area contributed by atoms with Gasteiger partial charge in [0.1, 0.15) is 17.8 Å². The molecule has 0 bridgehead atoms. The fourth-order valence-corrected chi connectivity index (χ4v) is 4.15. The van der Waals surface area contributed by atoms with Gasteiger partial charge in [0.2, 0.25) is 5.91 Å². The minimum atomic E-state index is -1.20. The van der Waals surface area contributed by atoms with E-state index in [1.807, 2.05) is 13.0 Å². The molecule has 1 aliphatic carbocycles. The number of ether oxygens (including phenoxy) is 1. The van der Waals surface area contributed by atoms with Crippen molar-refractivity contribution in [2.75, 3.05) is 13.7 Å². The number of nitrogens with one attached hydrogen (secondary N) is 2. The van der Waals surface area contributed by atoms with Gasteiger partial charge in [-0.25, -0.2) is 4.79 Å². The average Bonchev–Trinajstić information content (AvgIpc) is 2.87. The highest BCUT2D eigenvalue weighted by Gasteiger charge is 2.49. The molecule has 152 valence electrons. The highest BCUT2D eigenvalue weighted by atomic mass is 16.5. The molecule has 1 saturated carbocycles. The molecular formula is C21H29N3O4. The van der Waals surface area contributed by atoms with Crippen molar-refractivity contribution in [3.63, 3.8) is 0 Å². The fraction of sp³-hybridized carbons (Fsp3) is 0.571. The van der Waals surface area contributed by atoms with E-state index in [1.54, 1.807) is 26.2 Å². The molecular weight excluding hydrogens is 358 g/mol. The summed E-state index contributed by atoms with van der Waals surface area (Å²) in [6, 6.07) is 4.92. The maximum absolute atomic E-state index is 13.0. The molecule has 3 rings (SSSR count). The van der Waals surface area contributed by atoms with Crippen molar-refractivity contribution in [1.82, 2.24) is 15.5 Å². The van der Waals surface area contributed by atoms with Crippen LogP contribution < -0.4 is 15.4 Å². The monoisotopic (exact) mass is 387 g/mol. The Bertz CT molecular complexity index is 794. The predicted molar refractivity (Wildman–Crippen MR) is 105 cm³/mol. The van der Waals surface area contributed by atoms with Gasteiger partial charge in [0.15, 0.2) is 0 Å². The normalized spacial score (nSPS) is 27.5. The van der Waals surface area contributed by atoms with Crippen LogP contribution in [0.5, 0.6) is 5.75 Å². The average molecular weight is 387 g/mol. The zero-order valence-corrected chi connectivity index (χ0v) is 17.0. The lowest BCUT2D eigenvalue weighted by Crippen LogP contribution is -2.47. The van der Waals surface area contributed by atoms with Crippen molar-refractivity contribution in [3.05, 3.63) is 29.3 Å². The summed E-state index contributed by atoms with van der Waals surface area (Å²) in [5.74, 6) is 0.404. The first-order valence-corrected chi connectivity index (χ1v) is 9.85. The van der Waals surface area contributed by atoms with E-state index in [4.69, 9.17) is 4.74 Å².